The Morgan fingerprint density at radius 3 is 2.34 bits per heavy atom. The lowest BCUT2D eigenvalue weighted by atomic mass is 9.96. The normalized spacial score (nSPS) is 15.9. The molecule has 1 aromatic heterocycles. The van der Waals surface area contributed by atoms with E-state index in [9.17, 15) is 26.4 Å². The Balaban J connectivity index is 1.52. The monoisotopic (exact) mass is 474 g/mol. The fraction of sp³-hybridized carbons (Fsp3) is 0.550. The van der Waals surface area contributed by atoms with Gasteiger partial charge in [-0.2, -0.15) is 9.29 Å². The largest absolute Gasteiger partial charge is 0.340 e. The number of aromatic nitrogens is 2. The van der Waals surface area contributed by atoms with Gasteiger partial charge in [0.1, 0.15) is 4.90 Å². The van der Waals surface area contributed by atoms with Gasteiger partial charge < -0.3 is 9.42 Å². The fourth-order valence-corrected chi connectivity index (χ4v) is 4.71. The van der Waals surface area contributed by atoms with Crippen molar-refractivity contribution in [3.05, 3.63) is 41.3 Å². The fourth-order valence-electron chi connectivity index (χ4n) is 3.23. The van der Waals surface area contributed by atoms with E-state index >= 15 is 0 Å². The maximum absolute atomic E-state index is 14.0. The molecular formula is C20H25F3N4O4S. The lowest BCUT2D eigenvalue weighted by molar-refractivity contribution is -0.132. The van der Waals surface area contributed by atoms with Crippen molar-refractivity contribution in [1.82, 2.24) is 19.3 Å². The molecule has 0 N–H and O–H groups in total. The number of carbonyl (C=O) groups excluding carboxylic acids is 1. The van der Waals surface area contributed by atoms with Gasteiger partial charge in [-0.3, -0.25) is 4.79 Å². The van der Waals surface area contributed by atoms with Gasteiger partial charge in [-0.25, -0.2) is 21.6 Å². The average molecular weight is 475 g/mol. The number of amides is 1. The molecule has 0 atom stereocenters. The molecule has 0 bridgehead atoms. The Kier molecular flexibility index (Phi) is 6.94. The summed E-state index contributed by atoms with van der Waals surface area (Å²) in [4.78, 5) is 17.4. The predicted octanol–water partition coefficient (Wildman–Crippen LogP) is 2.64. The summed E-state index contributed by atoms with van der Waals surface area (Å²) in [5.41, 5.74) is -0.236. The second-order valence-corrected chi connectivity index (χ2v) is 10.5. The number of hydrogen-bond donors (Lipinski definition) is 0. The summed E-state index contributed by atoms with van der Waals surface area (Å²) in [6.45, 7) is 5.95. The van der Waals surface area contributed by atoms with Gasteiger partial charge >= 0.3 is 0 Å². The van der Waals surface area contributed by atoms with Gasteiger partial charge in [-0.15, -0.1) is 0 Å². The van der Waals surface area contributed by atoms with E-state index in [1.165, 1.54) is 4.90 Å². The van der Waals surface area contributed by atoms with Crippen LogP contribution in [0.4, 0.5) is 13.2 Å². The summed E-state index contributed by atoms with van der Waals surface area (Å²) in [5, 5.41) is 3.93. The molecular weight excluding hydrogens is 449 g/mol. The van der Waals surface area contributed by atoms with E-state index in [4.69, 9.17) is 4.52 Å². The standard InChI is InChI=1S/C20H25F3N4O4S/c1-20(2,3)19-24-15(31-25-19)5-4-6-16(28)26-9-11-27(12-10-26)32(29,30)14-8-7-13(21)17(22)18(14)23/h7-8H,4-6,9-12H2,1-3H3. The molecule has 1 aliphatic heterocycles. The van der Waals surface area contributed by atoms with E-state index in [-0.39, 0.29) is 43.9 Å². The van der Waals surface area contributed by atoms with Crippen LogP contribution in [0.15, 0.2) is 21.6 Å². The van der Waals surface area contributed by atoms with Gasteiger partial charge in [-0.1, -0.05) is 25.9 Å². The third-order valence-electron chi connectivity index (χ3n) is 5.13. The predicted molar refractivity (Wildman–Crippen MR) is 108 cm³/mol. The van der Waals surface area contributed by atoms with E-state index < -0.39 is 32.4 Å². The van der Waals surface area contributed by atoms with E-state index in [1.54, 1.807) is 0 Å². The smallest absolute Gasteiger partial charge is 0.246 e. The van der Waals surface area contributed by atoms with Crippen molar-refractivity contribution in [2.45, 2.75) is 50.3 Å². The van der Waals surface area contributed by atoms with Crippen LogP contribution in [0, 0.1) is 17.5 Å². The number of sulfonamides is 1. The van der Waals surface area contributed by atoms with Crippen LogP contribution in [-0.2, 0) is 26.7 Å². The first-order valence-electron chi connectivity index (χ1n) is 10.2. The molecule has 1 fully saturated rings. The lowest BCUT2D eigenvalue weighted by Gasteiger charge is -2.34. The van der Waals surface area contributed by atoms with Crippen LogP contribution in [0.2, 0.25) is 0 Å². The van der Waals surface area contributed by atoms with Crippen LogP contribution in [0.5, 0.6) is 0 Å². The number of nitrogens with zero attached hydrogens (tertiary/aromatic N) is 4. The van der Waals surface area contributed by atoms with Gasteiger partial charge in [0.2, 0.25) is 21.8 Å². The van der Waals surface area contributed by atoms with Gasteiger partial charge in [0, 0.05) is 44.4 Å². The molecule has 8 nitrogen and oxygen atoms in total. The number of rotatable bonds is 6. The average Bonchev–Trinajstić information content (AvgIpc) is 3.21. The van der Waals surface area contributed by atoms with Crippen LogP contribution in [0.25, 0.3) is 0 Å². The molecule has 1 aromatic carbocycles. The third-order valence-corrected chi connectivity index (χ3v) is 7.05. The summed E-state index contributed by atoms with van der Waals surface area (Å²) in [6, 6.07) is 1.27. The number of piperazine rings is 1. The summed E-state index contributed by atoms with van der Waals surface area (Å²) >= 11 is 0. The van der Waals surface area contributed by atoms with Crippen molar-refractivity contribution < 1.29 is 30.9 Å². The van der Waals surface area contributed by atoms with Crippen molar-refractivity contribution in [3.63, 3.8) is 0 Å². The molecule has 0 radical (unpaired) electrons. The summed E-state index contributed by atoms with van der Waals surface area (Å²) in [7, 11) is -4.36. The highest BCUT2D eigenvalue weighted by atomic mass is 32.2. The number of benzene rings is 1. The molecule has 0 saturated carbocycles. The Hall–Kier alpha value is -2.47. The first-order chi connectivity index (χ1) is 14.9. The SMILES string of the molecule is CC(C)(C)c1noc(CCCC(=O)N2CCN(S(=O)(=O)c3ccc(F)c(F)c3F)CC2)n1. The van der Waals surface area contributed by atoms with Crippen molar-refractivity contribution in [1.29, 1.82) is 0 Å². The minimum Gasteiger partial charge on any atom is -0.340 e. The molecule has 0 spiro atoms. The minimum atomic E-state index is -4.36. The van der Waals surface area contributed by atoms with Crippen LogP contribution in [0.3, 0.4) is 0 Å². The van der Waals surface area contributed by atoms with Gasteiger partial charge in [-0.05, 0) is 18.6 Å². The van der Waals surface area contributed by atoms with Crippen molar-refractivity contribution in [2.75, 3.05) is 26.2 Å². The van der Waals surface area contributed by atoms with E-state index in [0.717, 1.165) is 4.31 Å². The second-order valence-electron chi connectivity index (χ2n) is 8.57. The number of hydrogen-bond acceptors (Lipinski definition) is 6. The Labute approximate surface area is 184 Å². The van der Waals surface area contributed by atoms with Crippen LogP contribution >= 0.6 is 0 Å². The molecule has 3 rings (SSSR count). The van der Waals surface area contributed by atoms with Crippen LogP contribution in [0.1, 0.15) is 45.3 Å². The molecule has 1 saturated heterocycles. The molecule has 1 aliphatic rings. The van der Waals surface area contributed by atoms with E-state index in [2.05, 4.69) is 10.1 Å². The minimum absolute atomic E-state index is 0.0783. The zero-order valence-electron chi connectivity index (χ0n) is 18.1. The maximum Gasteiger partial charge on any atom is 0.246 e. The van der Waals surface area contributed by atoms with Crippen molar-refractivity contribution in [2.24, 2.45) is 0 Å². The maximum atomic E-state index is 14.0. The first-order valence-corrected chi connectivity index (χ1v) is 11.6. The summed E-state index contributed by atoms with van der Waals surface area (Å²) in [5.74, 6) is -4.17. The van der Waals surface area contributed by atoms with E-state index in [0.29, 0.717) is 36.7 Å². The highest BCUT2D eigenvalue weighted by Crippen LogP contribution is 2.24. The zero-order chi connectivity index (χ0) is 23.7. The molecule has 0 aliphatic carbocycles. The van der Waals surface area contributed by atoms with Gasteiger partial charge in [0.25, 0.3) is 0 Å². The molecule has 1 amide bonds. The third kappa shape index (κ3) is 5.12. The Bertz CT molecular complexity index is 1090. The highest BCUT2D eigenvalue weighted by molar-refractivity contribution is 7.89. The van der Waals surface area contributed by atoms with Crippen LogP contribution < -0.4 is 0 Å². The summed E-state index contributed by atoms with van der Waals surface area (Å²) < 4.78 is 71.9. The molecule has 2 aromatic rings. The highest BCUT2D eigenvalue weighted by Gasteiger charge is 2.33. The summed E-state index contributed by atoms with van der Waals surface area (Å²) in [6.07, 6.45) is 1.15. The Morgan fingerprint density at radius 1 is 1.09 bits per heavy atom. The number of carbonyl (C=O) groups is 1. The molecule has 0 unspecified atom stereocenters. The first kappa shape index (κ1) is 24.2. The van der Waals surface area contributed by atoms with Crippen molar-refractivity contribution >= 4 is 15.9 Å². The second kappa shape index (κ2) is 9.18. The van der Waals surface area contributed by atoms with Gasteiger partial charge in [0.15, 0.2) is 23.3 Å². The Morgan fingerprint density at radius 2 is 1.75 bits per heavy atom. The zero-order valence-corrected chi connectivity index (χ0v) is 18.9. The van der Waals surface area contributed by atoms with Crippen LogP contribution in [-0.4, -0.2) is 59.8 Å². The molecule has 12 heteroatoms. The van der Waals surface area contributed by atoms with Crippen molar-refractivity contribution in [3.8, 4) is 0 Å². The lowest BCUT2D eigenvalue weighted by Crippen LogP contribution is -2.50. The molecule has 2 heterocycles. The number of aryl methyl sites for hydroxylation is 1. The molecule has 32 heavy (non-hydrogen) atoms. The number of halogens is 3. The topological polar surface area (TPSA) is 96.6 Å². The quantitative estimate of drug-likeness (QED) is 0.598. The molecule has 176 valence electrons. The van der Waals surface area contributed by atoms with Gasteiger partial charge in [0.05, 0.1) is 0 Å². The van der Waals surface area contributed by atoms with E-state index in [1.807, 2.05) is 20.8 Å².